The average Bonchev–Trinajstić information content (AvgIpc) is 2.49. The first-order valence-electron chi connectivity index (χ1n) is 4.56. The molecule has 0 saturated heterocycles. The Morgan fingerprint density at radius 2 is 2.33 bits per heavy atom. The fraction of sp³-hybridized carbons (Fsp3) is 0.556. The Morgan fingerprint density at radius 3 is 2.87 bits per heavy atom. The predicted molar refractivity (Wildman–Crippen MR) is 54.2 cm³/mol. The Hall–Kier alpha value is -1.58. The van der Waals surface area contributed by atoms with Crippen molar-refractivity contribution in [1.29, 1.82) is 5.26 Å². The molecule has 0 aliphatic carbocycles. The summed E-state index contributed by atoms with van der Waals surface area (Å²) in [5.74, 6) is 0.558. The highest BCUT2D eigenvalue weighted by atomic mass is 16.3. The number of hydrogen-bond donors (Lipinski definition) is 3. The largest absolute Gasteiger partial charge is 0.394 e. The van der Waals surface area contributed by atoms with Crippen molar-refractivity contribution in [2.24, 2.45) is 7.05 Å². The minimum Gasteiger partial charge on any atom is -0.394 e. The molecule has 82 valence electrons. The lowest BCUT2D eigenvalue weighted by molar-refractivity contribution is 0.105. The number of nitrogens with one attached hydrogen (secondary N) is 1. The zero-order chi connectivity index (χ0) is 11.4. The smallest absolute Gasteiger partial charge is 0.142 e. The molecule has 0 spiro atoms. The van der Waals surface area contributed by atoms with Crippen molar-refractivity contribution in [3.05, 3.63) is 11.3 Å². The lowest BCUT2D eigenvalue weighted by Gasteiger charge is -2.10. The molecule has 1 aromatic rings. The van der Waals surface area contributed by atoms with E-state index in [9.17, 15) is 0 Å². The van der Waals surface area contributed by atoms with Gasteiger partial charge in [-0.3, -0.25) is 4.68 Å². The van der Waals surface area contributed by atoms with Crippen LogP contribution in [-0.4, -0.2) is 39.2 Å². The third-order valence-electron chi connectivity index (χ3n) is 2.05. The summed E-state index contributed by atoms with van der Waals surface area (Å²) in [5, 5.41) is 33.6. The molecule has 0 fully saturated rings. The highest BCUT2D eigenvalue weighted by Gasteiger charge is 2.13. The number of hydrogen-bond acceptors (Lipinski definition) is 5. The number of anilines is 1. The van der Waals surface area contributed by atoms with E-state index in [0.29, 0.717) is 17.1 Å². The second-order valence-electron chi connectivity index (χ2n) is 3.26. The summed E-state index contributed by atoms with van der Waals surface area (Å²) < 4.78 is 1.54. The Kier molecular flexibility index (Phi) is 3.66. The first-order valence-corrected chi connectivity index (χ1v) is 4.56. The van der Waals surface area contributed by atoms with Crippen LogP contribution in [0, 0.1) is 18.3 Å². The number of aromatic nitrogens is 2. The summed E-state index contributed by atoms with van der Waals surface area (Å²) in [6, 6.07) is 2.04. The molecule has 0 aliphatic rings. The highest BCUT2D eigenvalue weighted by Crippen LogP contribution is 2.16. The van der Waals surface area contributed by atoms with E-state index in [1.165, 1.54) is 4.68 Å². The van der Waals surface area contributed by atoms with Gasteiger partial charge in [-0.2, -0.15) is 10.4 Å². The van der Waals surface area contributed by atoms with Gasteiger partial charge in [0, 0.05) is 13.6 Å². The van der Waals surface area contributed by atoms with Crippen molar-refractivity contribution in [2.45, 2.75) is 13.0 Å². The van der Waals surface area contributed by atoms with Gasteiger partial charge < -0.3 is 15.5 Å². The molecule has 0 bridgehead atoms. The lowest BCUT2D eigenvalue weighted by atomic mass is 10.2. The molecule has 0 radical (unpaired) electrons. The molecule has 1 atom stereocenters. The van der Waals surface area contributed by atoms with E-state index in [1.807, 2.05) is 6.07 Å². The monoisotopic (exact) mass is 210 g/mol. The molecule has 1 heterocycles. The number of aliphatic hydroxyl groups is 2. The van der Waals surface area contributed by atoms with Crippen LogP contribution in [0.1, 0.15) is 11.3 Å². The van der Waals surface area contributed by atoms with Gasteiger partial charge in [-0.1, -0.05) is 0 Å². The topological polar surface area (TPSA) is 94.1 Å². The minimum atomic E-state index is -0.841. The molecule has 6 heteroatoms. The quantitative estimate of drug-likeness (QED) is 0.615. The molecule has 6 nitrogen and oxygen atoms in total. The Labute approximate surface area is 87.8 Å². The SMILES string of the molecule is Cc1nn(C)c(NCC(O)CO)c1C#N. The zero-order valence-corrected chi connectivity index (χ0v) is 8.73. The predicted octanol–water partition coefficient (Wildman–Crippen LogP) is -0.635. The summed E-state index contributed by atoms with van der Waals surface area (Å²) >= 11 is 0. The van der Waals surface area contributed by atoms with Crippen LogP contribution in [0.25, 0.3) is 0 Å². The van der Waals surface area contributed by atoms with Gasteiger partial charge in [0.1, 0.15) is 17.5 Å². The fourth-order valence-corrected chi connectivity index (χ4v) is 1.27. The van der Waals surface area contributed by atoms with Crippen LogP contribution in [0.2, 0.25) is 0 Å². The minimum absolute atomic E-state index is 0.185. The van der Waals surface area contributed by atoms with Gasteiger partial charge in [0.25, 0.3) is 0 Å². The van der Waals surface area contributed by atoms with Gasteiger partial charge in [-0.05, 0) is 6.92 Å². The van der Waals surface area contributed by atoms with Crippen LogP contribution in [0.15, 0.2) is 0 Å². The van der Waals surface area contributed by atoms with Gasteiger partial charge in [0.05, 0.1) is 18.4 Å². The molecule has 0 aromatic carbocycles. The average molecular weight is 210 g/mol. The van der Waals surface area contributed by atoms with E-state index in [4.69, 9.17) is 15.5 Å². The van der Waals surface area contributed by atoms with Crippen molar-refractivity contribution in [3.8, 4) is 6.07 Å². The van der Waals surface area contributed by atoms with Gasteiger partial charge in [-0.25, -0.2) is 0 Å². The van der Waals surface area contributed by atoms with E-state index in [-0.39, 0.29) is 13.2 Å². The van der Waals surface area contributed by atoms with Gasteiger partial charge in [-0.15, -0.1) is 0 Å². The van der Waals surface area contributed by atoms with Crippen molar-refractivity contribution in [2.75, 3.05) is 18.5 Å². The zero-order valence-electron chi connectivity index (χ0n) is 8.73. The molecular weight excluding hydrogens is 196 g/mol. The number of aryl methyl sites for hydroxylation is 2. The summed E-state index contributed by atoms with van der Waals surface area (Å²) in [4.78, 5) is 0. The number of nitrogens with zero attached hydrogens (tertiary/aromatic N) is 3. The van der Waals surface area contributed by atoms with Gasteiger partial charge in [0.15, 0.2) is 0 Å². The van der Waals surface area contributed by atoms with E-state index >= 15 is 0 Å². The maximum absolute atomic E-state index is 9.16. The van der Waals surface area contributed by atoms with Crippen LogP contribution in [0.4, 0.5) is 5.82 Å². The first-order chi connectivity index (χ1) is 7.10. The van der Waals surface area contributed by atoms with Crippen LogP contribution in [0.3, 0.4) is 0 Å². The standard InChI is InChI=1S/C9H14N4O2/c1-6-8(3-10)9(13(2)12-6)11-4-7(15)5-14/h7,11,14-15H,4-5H2,1-2H3. The second-order valence-corrected chi connectivity index (χ2v) is 3.26. The molecule has 0 aliphatic heterocycles. The lowest BCUT2D eigenvalue weighted by Crippen LogP contribution is -2.24. The van der Waals surface area contributed by atoms with Gasteiger partial charge in [0.2, 0.25) is 0 Å². The summed E-state index contributed by atoms with van der Waals surface area (Å²) in [6.45, 7) is 1.61. The highest BCUT2D eigenvalue weighted by molar-refractivity contribution is 5.54. The maximum Gasteiger partial charge on any atom is 0.142 e. The molecule has 3 N–H and O–H groups in total. The van der Waals surface area contributed by atoms with E-state index in [0.717, 1.165) is 0 Å². The molecule has 0 saturated carbocycles. The fourth-order valence-electron chi connectivity index (χ4n) is 1.27. The summed E-state index contributed by atoms with van der Waals surface area (Å²) in [5.41, 5.74) is 1.10. The van der Waals surface area contributed by atoms with E-state index in [1.54, 1.807) is 14.0 Å². The maximum atomic E-state index is 9.16. The van der Waals surface area contributed by atoms with E-state index in [2.05, 4.69) is 10.4 Å². The van der Waals surface area contributed by atoms with Crippen LogP contribution < -0.4 is 5.32 Å². The molecule has 15 heavy (non-hydrogen) atoms. The Bertz CT molecular complexity index is 380. The van der Waals surface area contributed by atoms with Gasteiger partial charge >= 0.3 is 0 Å². The third-order valence-corrected chi connectivity index (χ3v) is 2.05. The van der Waals surface area contributed by atoms with Crippen LogP contribution in [0.5, 0.6) is 0 Å². The van der Waals surface area contributed by atoms with Crippen LogP contribution in [-0.2, 0) is 7.05 Å². The number of nitriles is 1. The molecule has 0 amide bonds. The van der Waals surface area contributed by atoms with Crippen molar-refractivity contribution >= 4 is 5.82 Å². The van der Waals surface area contributed by atoms with Crippen molar-refractivity contribution < 1.29 is 10.2 Å². The molecule has 1 rings (SSSR count). The third kappa shape index (κ3) is 2.46. The second kappa shape index (κ2) is 4.77. The summed E-state index contributed by atoms with van der Waals surface area (Å²) in [6.07, 6.45) is -0.841. The Morgan fingerprint density at radius 1 is 1.67 bits per heavy atom. The first kappa shape index (κ1) is 11.5. The molecule has 1 unspecified atom stereocenters. The molecular formula is C9H14N4O2. The summed E-state index contributed by atoms with van der Waals surface area (Å²) in [7, 11) is 1.71. The van der Waals surface area contributed by atoms with Crippen LogP contribution >= 0.6 is 0 Å². The molecule has 1 aromatic heterocycles. The normalized spacial score (nSPS) is 12.2. The van der Waals surface area contributed by atoms with Crippen molar-refractivity contribution in [3.63, 3.8) is 0 Å². The number of aliphatic hydroxyl groups excluding tert-OH is 2. The van der Waals surface area contributed by atoms with E-state index < -0.39 is 6.10 Å². The Balaban J connectivity index is 2.81. The number of rotatable bonds is 4. The van der Waals surface area contributed by atoms with Crippen molar-refractivity contribution in [1.82, 2.24) is 9.78 Å².